The van der Waals surface area contributed by atoms with Crippen molar-refractivity contribution in [2.75, 3.05) is 13.1 Å². The number of aromatic nitrogens is 1. The third-order valence-electron chi connectivity index (χ3n) is 5.25. The topological polar surface area (TPSA) is 36.1 Å². The van der Waals surface area contributed by atoms with Crippen LogP contribution in [0.1, 0.15) is 29.8 Å². The van der Waals surface area contributed by atoms with Crippen molar-refractivity contribution in [3.05, 3.63) is 24.0 Å². The molecule has 0 spiro atoms. The number of amides is 1. The van der Waals surface area contributed by atoms with Gasteiger partial charge >= 0.3 is 0 Å². The highest BCUT2D eigenvalue weighted by molar-refractivity contribution is 5.92. The normalized spacial score (nSPS) is 38.7. The molecule has 17 heavy (non-hydrogen) atoms. The largest absolute Gasteiger partial charge is 0.357 e. The number of nitrogens with zero attached hydrogens (tertiary/aromatic N) is 1. The molecule has 1 aliphatic heterocycles. The summed E-state index contributed by atoms with van der Waals surface area (Å²) in [7, 11) is 0. The fourth-order valence-electron chi connectivity index (χ4n) is 4.48. The number of H-pyrrole nitrogens is 1. The average molecular weight is 230 g/mol. The minimum absolute atomic E-state index is 0.198. The van der Waals surface area contributed by atoms with Crippen LogP contribution >= 0.6 is 0 Å². The fraction of sp³-hybridized carbons (Fsp3) is 0.643. The van der Waals surface area contributed by atoms with Gasteiger partial charge in [0.2, 0.25) is 0 Å². The summed E-state index contributed by atoms with van der Waals surface area (Å²) in [6, 6.07) is 3.78. The van der Waals surface area contributed by atoms with E-state index in [9.17, 15) is 4.79 Å². The second-order valence-electron chi connectivity index (χ2n) is 5.95. The Morgan fingerprint density at radius 3 is 2.53 bits per heavy atom. The van der Waals surface area contributed by atoms with E-state index in [4.69, 9.17) is 0 Å². The summed E-state index contributed by atoms with van der Waals surface area (Å²) in [6.07, 6.45) is 6.10. The zero-order valence-electron chi connectivity index (χ0n) is 9.93. The van der Waals surface area contributed by atoms with E-state index in [1.54, 1.807) is 0 Å². The van der Waals surface area contributed by atoms with Crippen molar-refractivity contribution in [1.29, 1.82) is 0 Å². The van der Waals surface area contributed by atoms with Gasteiger partial charge in [-0.15, -0.1) is 0 Å². The molecule has 4 atom stereocenters. The lowest BCUT2D eigenvalue weighted by Crippen LogP contribution is -2.30. The van der Waals surface area contributed by atoms with Gasteiger partial charge in [-0.05, 0) is 55.1 Å². The van der Waals surface area contributed by atoms with E-state index >= 15 is 0 Å². The Morgan fingerprint density at radius 1 is 1.24 bits per heavy atom. The van der Waals surface area contributed by atoms with Crippen LogP contribution in [0.3, 0.4) is 0 Å². The van der Waals surface area contributed by atoms with Gasteiger partial charge in [-0.3, -0.25) is 4.79 Å². The highest BCUT2D eigenvalue weighted by Gasteiger charge is 2.52. The number of aromatic amines is 1. The molecule has 2 bridgehead atoms. The van der Waals surface area contributed by atoms with Crippen molar-refractivity contribution < 1.29 is 4.79 Å². The predicted molar refractivity (Wildman–Crippen MR) is 64.5 cm³/mol. The Bertz CT molecular complexity index is 421. The van der Waals surface area contributed by atoms with E-state index in [0.29, 0.717) is 0 Å². The number of likely N-dealkylation sites (tertiary alicyclic amines) is 1. The number of carbonyl (C=O) groups is 1. The van der Waals surface area contributed by atoms with Gasteiger partial charge in [0.1, 0.15) is 5.69 Å². The van der Waals surface area contributed by atoms with Gasteiger partial charge in [0, 0.05) is 19.3 Å². The maximum atomic E-state index is 12.3. The Hall–Kier alpha value is -1.25. The van der Waals surface area contributed by atoms with E-state index < -0.39 is 0 Å². The lowest BCUT2D eigenvalue weighted by Gasteiger charge is -2.22. The summed E-state index contributed by atoms with van der Waals surface area (Å²) < 4.78 is 0. The summed E-state index contributed by atoms with van der Waals surface area (Å²) >= 11 is 0. The Kier molecular flexibility index (Phi) is 1.93. The van der Waals surface area contributed by atoms with Crippen LogP contribution in [0.5, 0.6) is 0 Å². The van der Waals surface area contributed by atoms with E-state index in [-0.39, 0.29) is 5.91 Å². The second-order valence-corrected chi connectivity index (χ2v) is 5.95. The fourth-order valence-corrected chi connectivity index (χ4v) is 4.48. The Balaban J connectivity index is 1.54. The number of nitrogens with one attached hydrogen (secondary N) is 1. The molecule has 3 fully saturated rings. The summed E-state index contributed by atoms with van der Waals surface area (Å²) in [5.74, 6) is 3.67. The van der Waals surface area contributed by atoms with E-state index in [2.05, 4.69) is 9.88 Å². The molecule has 4 rings (SSSR count). The van der Waals surface area contributed by atoms with Gasteiger partial charge in [-0.2, -0.15) is 0 Å². The number of hydrogen-bond acceptors (Lipinski definition) is 1. The zero-order chi connectivity index (χ0) is 11.4. The average Bonchev–Trinajstić information content (AvgIpc) is 3.10. The molecule has 90 valence electrons. The van der Waals surface area contributed by atoms with Crippen molar-refractivity contribution >= 4 is 5.91 Å². The van der Waals surface area contributed by atoms with Crippen molar-refractivity contribution in [3.8, 4) is 0 Å². The third-order valence-corrected chi connectivity index (χ3v) is 5.25. The molecule has 0 unspecified atom stereocenters. The summed E-state index contributed by atoms with van der Waals surface area (Å²) in [4.78, 5) is 17.4. The van der Waals surface area contributed by atoms with Gasteiger partial charge < -0.3 is 9.88 Å². The molecule has 1 aromatic heterocycles. The Morgan fingerprint density at radius 2 is 1.94 bits per heavy atom. The van der Waals surface area contributed by atoms with Crippen LogP contribution in [-0.4, -0.2) is 28.9 Å². The first-order chi connectivity index (χ1) is 8.33. The first kappa shape index (κ1) is 9.75. The van der Waals surface area contributed by atoms with Crippen LogP contribution < -0.4 is 0 Å². The number of hydrogen-bond donors (Lipinski definition) is 1. The highest BCUT2D eigenvalue weighted by atomic mass is 16.2. The van der Waals surface area contributed by atoms with E-state index in [1.807, 2.05) is 18.3 Å². The molecular weight excluding hydrogens is 212 g/mol. The molecule has 1 amide bonds. The van der Waals surface area contributed by atoms with Crippen molar-refractivity contribution in [2.45, 2.75) is 19.3 Å². The Labute approximate surface area is 101 Å². The van der Waals surface area contributed by atoms with E-state index in [0.717, 1.165) is 42.5 Å². The minimum atomic E-state index is 0.198. The number of rotatable bonds is 1. The summed E-state index contributed by atoms with van der Waals surface area (Å²) in [5, 5.41) is 0. The maximum absolute atomic E-state index is 12.3. The smallest absolute Gasteiger partial charge is 0.270 e. The van der Waals surface area contributed by atoms with Crippen molar-refractivity contribution in [2.24, 2.45) is 23.7 Å². The lowest BCUT2D eigenvalue weighted by atomic mass is 9.82. The molecule has 1 saturated heterocycles. The zero-order valence-corrected chi connectivity index (χ0v) is 9.93. The summed E-state index contributed by atoms with van der Waals surface area (Å²) in [6.45, 7) is 2.01. The van der Waals surface area contributed by atoms with Crippen LogP contribution in [0.2, 0.25) is 0 Å². The van der Waals surface area contributed by atoms with Gasteiger partial charge in [0.05, 0.1) is 0 Å². The molecule has 3 heteroatoms. The van der Waals surface area contributed by atoms with Crippen LogP contribution in [0, 0.1) is 23.7 Å². The monoisotopic (exact) mass is 230 g/mol. The first-order valence-corrected chi connectivity index (χ1v) is 6.75. The maximum Gasteiger partial charge on any atom is 0.270 e. The molecular formula is C14H18N2O. The molecule has 2 saturated carbocycles. The molecule has 2 heterocycles. The first-order valence-electron chi connectivity index (χ1n) is 6.75. The standard InChI is InChI=1S/C14H18N2O/c17-14(13-2-1-5-15-13)16-7-11-9-3-4-10(6-9)12(11)8-16/h1-2,5,9-12,15H,3-4,6-8H2/t9-,10+,11-,12+. The van der Waals surface area contributed by atoms with Crippen molar-refractivity contribution in [1.82, 2.24) is 9.88 Å². The highest BCUT2D eigenvalue weighted by Crippen LogP contribution is 2.55. The number of carbonyl (C=O) groups excluding carboxylic acids is 1. The van der Waals surface area contributed by atoms with Crippen LogP contribution in [0.25, 0.3) is 0 Å². The van der Waals surface area contributed by atoms with E-state index in [1.165, 1.54) is 19.3 Å². The lowest BCUT2D eigenvalue weighted by molar-refractivity contribution is 0.0771. The molecule has 3 nitrogen and oxygen atoms in total. The quantitative estimate of drug-likeness (QED) is 0.788. The molecule has 0 radical (unpaired) electrons. The third kappa shape index (κ3) is 1.31. The van der Waals surface area contributed by atoms with Crippen molar-refractivity contribution in [3.63, 3.8) is 0 Å². The molecule has 1 aromatic rings. The van der Waals surface area contributed by atoms with Crippen LogP contribution in [0.15, 0.2) is 18.3 Å². The number of fused-ring (bicyclic) bond motifs is 5. The molecule has 3 aliphatic rings. The molecule has 0 aromatic carbocycles. The summed E-state index contributed by atoms with van der Waals surface area (Å²) in [5.41, 5.74) is 0.748. The predicted octanol–water partition coefficient (Wildman–Crippen LogP) is 2.13. The SMILES string of the molecule is O=C(c1ccc[nH]1)N1C[C@@H]2[C@@H]3CC[C@@H](C3)[C@@H]2C1. The minimum Gasteiger partial charge on any atom is -0.357 e. The second kappa shape index (κ2) is 3.37. The molecule has 2 aliphatic carbocycles. The molecule has 1 N–H and O–H groups in total. The van der Waals surface area contributed by atoms with Gasteiger partial charge in [-0.1, -0.05) is 0 Å². The van der Waals surface area contributed by atoms with Gasteiger partial charge in [0.15, 0.2) is 0 Å². The van der Waals surface area contributed by atoms with Gasteiger partial charge in [0.25, 0.3) is 5.91 Å². The van der Waals surface area contributed by atoms with Crippen LogP contribution in [0.4, 0.5) is 0 Å². The van der Waals surface area contributed by atoms with Gasteiger partial charge in [-0.25, -0.2) is 0 Å². The van der Waals surface area contributed by atoms with Crippen LogP contribution in [-0.2, 0) is 0 Å².